The maximum atomic E-state index is 5.84. The fourth-order valence-electron chi connectivity index (χ4n) is 2.65. The molecule has 1 aliphatic heterocycles. The van der Waals surface area contributed by atoms with Crippen molar-refractivity contribution in [2.24, 2.45) is 5.92 Å². The Hall–Kier alpha value is -0.0800. The molecule has 1 saturated heterocycles. The van der Waals surface area contributed by atoms with E-state index in [1.54, 1.807) is 0 Å². The van der Waals surface area contributed by atoms with E-state index in [4.69, 9.17) is 4.74 Å². The minimum atomic E-state index is 0.513. The molecule has 0 aromatic carbocycles. The highest BCUT2D eigenvalue weighted by Crippen LogP contribution is 2.26. The molecule has 2 aliphatic rings. The highest BCUT2D eigenvalue weighted by Gasteiger charge is 2.16. The van der Waals surface area contributed by atoms with Gasteiger partial charge in [-0.3, -0.25) is 0 Å². The Bertz CT molecular complexity index is 148. The summed E-state index contributed by atoms with van der Waals surface area (Å²) in [5, 5.41) is 3.34. The first kappa shape index (κ1) is 10.4. The molecule has 1 atom stereocenters. The molecule has 0 aromatic heterocycles. The Morgan fingerprint density at radius 2 is 1.93 bits per heavy atom. The first-order valence-electron chi connectivity index (χ1n) is 6.27. The minimum absolute atomic E-state index is 0.513. The lowest BCUT2D eigenvalue weighted by Gasteiger charge is -2.22. The van der Waals surface area contributed by atoms with Crippen LogP contribution in [0, 0.1) is 5.92 Å². The lowest BCUT2D eigenvalue weighted by atomic mass is 9.87. The number of hydrogen-bond donors (Lipinski definition) is 1. The summed E-state index contributed by atoms with van der Waals surface area (Å²) in [7, 11) is 0. The van der Waals surface area contributed by atoms with Crippen molar-refractivity contribution in [2.45, 2.75) is 51.0 Å². The average Bonchev–Trinajstić information content (AvgIpc) is 2.72. The van der Waals surface area contributed by atoms with Crippen molar-refractivity contribution in [3.63, 3.8) is 0 Å². The van der Waals surface area contributed by atoms with Crippen molar-refractivity contribution >= 4 is 0 Å². The van der Waals surface area contributed by atoms with Gasteiger partial charge in [-0.2, -0.15) is 0 Å². The summed E-state index contributed by atoms with van der Waals surface area (Å²) < 4.78 is 5.84. The van der Waals surface area contributed by atoms with Crippen molar-refractivity contribution in [1.82, 2.24) is 5.32 Å². The predicted octanol–water partition coefficient (Wildman–Crippen LogP) is 2.34. The minimum Gasteiger partial charge on any atom is -0.377 e. The molecule has 2 heteroatoms. The van der Waals surface area contributed by atoms with Crippen LogP contribution in [0.25, 0.3) is 0 Å². The van der Waals surface area contributed by atoms with Gasteiger partial charge in [0.2, 0.25) is 0 Å². The molecular weight excluding hydrogens is 174 g/mol. The summed E-state index contributed by atoms with van der Waals surface area (Å²) in [4.78, 5) is 0. The third-order valence-electron chi connectivity index (χ3n) is 3.62. The fraction of sp³-hybridized carbons (Fsp3) is 1.00. The third-order valence-corrected chi connectivity index (χ3v) is 3.62. The number of rotatable bonds is 4. The zero-order chi connectivity index (χ0) is 9.64. The van der Waals surface area contributed by atoms with Gasteiger partial charge < -0.3 is 10.1 Å². The van der Waals surface area contributed by atoms with E-state index in [0.29, 0.717) is 6.10 Å². The smallest absolute Gasteiger partial charge is 0.0711 e. The standard InChI is InChI=1S/C12H23NO/c1-2-4-11(5-3-1)7-9-14-12-6-8-13-10-12/h11-13H,1-10H2/t12-/m1/s1. The van der Waals surface area contributed by atoms with Gasteiger partial charge in [0.05, 0.1) is 6.10 Å². The molecular formula is C12H23NO. The zero-order valence-corrected chi connectivity index (χ0v) is 9.13. The molecule has 1 aliphatic carbocycles. The van der Waals surface area contributed by atoms with Gasteiger partial charge in [-0.1, -0.05) is 32.1 Å². The van der Waals surface area contributed by atoms with Crippen molar-refractivity contribution in [3.05, 3.63) is 0 Å². The Labute approximate surface area is 87.4 Å². The number of ether oxygens (including phenoxy) is 1. The fourth-order valence-corrected chi connectivity index (χ4v) is 2.65. The molecule has 82 valence electrons. The van der Waals surface area contributed by atoms with E-state index < -0.39 is 0 Å². The molecule has 1 N–H and O–H groups in total. The van der Waals surface area contributed by atoms with Gasteiger partial charge in [0, 0.05) is 13.2 Å². The van der Waals surface area contributed by atoms with E-state index in [-0.39, 0.29) is 0 Å². The monoisotopic (exact) mass is 197 g/mol. The van der Waals surface area contributed by atoms with E-state index in [1.165, 1.54) is 44.9 Å². The lowest BCUT2D eigenvalue weighted by molar-refractivity contribution is 0.0542. The van der Waals surface area contributed by atoms with Crippen LogP contribution in [0.1, 0.15) is 44.9 Å². The van der Waals surface area contributed by atoms with Crippen LogP contribution in [0.4, 0.5) is 0 Å². The van der Waals surface area contributed by atoms with Crippen LogP contribution in [0.15, 0.2) is 0 Å². The van der Waals surface area contributed by atoms with Gasteiger partial charge in [0.15, 0.2) is 0 Å². The summed E-state index contributed by atoms with van der Waals surface area (Å²) in [6.07, 6.45) is 10.3. The Morgan fingerprint density at radius 3 is 2.64 bits per heavy atom. The van der Waals surface area contributed by atoms with Crippen molar-refractivity contribution in [2.75, 3.05) is 19.7 Å². The molecule has 14 heavy (non-hydrogen) atoms. The van der Waals surface area contributed by atoms with Gasteiger partial charge in [-0.05, 0) is 25.3 Å². The van der Waals surface area contributed by atoms with E-state index in [1.807, 2.05) is 0 Å². The molecule has 2 fully saturated rings. The molecule has 0 spiro atoms. The Kier molecular flexibility index (Phi) is 4.26. The Morgan fingerprint density at radius 1 is 1.07 bits per heavy atom. The summed E-state index contributed by atoms with van der Waals surface area (Å²) in [6, 6.07) is 0. The van der Waals surface area contributed by atoms with Crippen LogP contribution in [-0.2, 0) is 4.74 Å². The lowest BCUT2D eigenvalue weighted by Crippen LogP contribution is -2.19. The SMILES string of the molecule is C1CCC(CCO[C@@H]2CCNC2)CC1. The van der Waals surface area contributed by atoms with Crippen molar-refractivity contribution in [3.8, 4) is 0 Å². The highest BCUT2D eigenvalue weighted by molar-refractivity contribution is 4.71. The van der Waals surface area contributed by atoms with Crippen LogP contribution < -0.4 is 5.32 Å². The first-order chi connectivity index (χ1) is 6.95. The quantitative estimate of drug-likeness (QED) is 0.747. The maximum absolute atomic E-state index is 5.84. The van der Waals surface area contributed by atoms with Gasteiger partial charge in [0.1, 0.15) is 0 Å². The normalized spacial score (nSPS) is 29.6. The summed E-state index contributed by atoms with van der Waals surface area (Å²) in [5.41, 5.74) is 0. The summed E-state index contributed by atoms with van der Waals surface area (Å²) >= 11 is 0. The first-order valence-corrected chi connectivity index (χ1v) is 6.27. The topological polar surface area (TPSA) is 21.3 Å². The van der Waals surface area contributed by atoms with Crippen LogP contribution in [0.3, 0.4) is 0 Å². The van der Waals surface area contributed by atoms with E-state index in [0.717, 1.165) is 25.6 Å². The molecule has 1 heterocycles. The molecule has 2 rings (SSSR count). The largest absolute Gasteiger partial charge is 0.377 e. The maximum Gasteiger partial charge on any atom is 0.0711 e. The molecule has 2 nitrogen and oxygen atoms in total. The third kappa shape index (κ3) is 3.25. The van der Waals surface area contributed by atoms with E-state index in [9.17, 15) is 0 Å². The second kappa shape index (κ2) is 5.72. The van der Waals surface area contributed by atoms with Gasteiger partial charge in [0.25, 0.3) is 0 Å². The molecule has 0 bridgehead atoms. The second-order valence-corrected chi connectivity index (χ2v) is 4.78. The van der Waals surface area contributed by atoms with Crippen LogP contribution >= 0.6 is 0 Å². The van der Waals surface area contributed by atoms with Crippen LogP contribution in [0.5, 0.6) is 0 Å². The van der Waals surface area contributed by atoms with Gasteiger partial charge >= 0.3 is 0 Å². The van der Waals surface area contributed by atoms with E-state index >= 15 is 0 Å². The summed E-state index contributed by atoms with van der Waals surface area (Å²) in [6.45, 7) is 3.22. The zero-order valence-electron chi connectivity index (χ0n) is 9.13. The number of nitrogens with one attached hydrogen (secondary N) is 1. The molecule has 0 amide bonds. The molecule has 1 saturated carbocycles. The Balaban J connectivity index is 1.52. The molecule has 0 aromatic rings. The van der Waals surface area contributed by atoms with Gasteiger partial charge in [-0.25, -0.2) is 0 Å². The highest BCUT2D eigenvalue weighted by atomic mass is 16.5. The van der Waals surface area contributed by atoms with Crippen molar-refractivity contribution < 1.29 is 4.74 Å². The number of hydrogen-bond acceptors (Lipinski definition) is 2. The van der Waals surface area contributed by atoms with Gasteiger partial charge in [-0.15, -0.1) is 0 Å². The predicted molar refractivity (Wildman–Crippen MR) is 58.4 cm³/mol. The van der Waals surface area contributed by atoms with E-state index in [2.05, 4.69) is 5.32 Å². The van der Waals surface area contributed by atoms with Crippen LogP contribution in [0.2, 0.25) is 0 Å². The van der Waals surface area contributed by atoms with Crippen LogP contribution in [-0.4, -0.2) is 25.8 Å². The molecule has 0 radical (unpaired) electrons. The summed E-state index contributed by atoms with van der Waals surface area (Å²) in [5.74, 6) is 0.970. The molecule has 0 unspecified atom stereocenters. The average molecular weight is 197 g/mol. The second-order valence-electron chi connectivity index (χ2n) is 4.78. The van der Waals surface area contributed by atoms with Crippen molar-refractivity contribution in [1.29, 1.82) is 0 Å².